The van der Waals surface area contributed by atoms with Crippen LogP contribution in [0.4, 0.5) is 0 Å². The molecular weight excluding hydrogens is 819 g/mol. The van der Waals surface area contributed by atoms with E-state index < -0.39 is 113 Å². The molecule has 7 N–H and O–H groups in total. The van der Waals surface area contributed by atoms with E-state index in [1.165, 1.54) is 27.9 Å². The van der Waals surface area contributed by atoms with Crippen molar-refractivity contribution in [2.45, 2.75) is 172 Å². The van der Waals surface area contributed by atoms with Crippen molar-refractivity contribution in [3.8, 4) is 0 Å². The first kappa shape index (κ1) is 50.9. The summed E-state index contributed by atoms with van der Waals surface area (Å²) in [6.45, 7) is 14.3. The van der Waals surface area contributed by atoms with E-state index in [1.807, 2.05) is 32.0 Å². The van der Waals surface area contributed by atoms with Crippen molar-refractivity contribution in [3.63, 3.8) is 0 Å². The normalized spacial score (nSPS) is 42.5. The number of nitrogens with zero attached hydrogens (tertiary/aromatic N) is 1. The highest BCUT2D eigenvalue weighted by molar-refractivity contribution is 5.98. The van der Waals surface area contributed by atoms with Crippen LogP contribution in [0.2, 0.25) is 0 Å². The molecule has 4 heterocycles. The summed E-state index contributed by atoms with van der Waals surface area (Å²) in [4.78, 5) is 47.1. The van der Waals surface area contributed by atoms with Gasteiger partial charge in [-0.2, -0.15) is 0 Å². The number of hydrogen-bond acceptors (Lipinski definition) is 15. The largest absolute Gasteiger partial charge is 0.459 e. The Labute approximate surface area is 371 Å². The van der Waals surface area contributed by atoms with Crippen molar-refractivity contribution in [2.75, 3.05) is 27.7 Å². The molecule has 1 aromatic heterocycles. The first-order valence-corrected chi connectivity index (χ1v) is 22.2. The van der Waals surface area contributed by atoms with Gasteiger partial charge in [0.05, 0.1) is 47.6 Å². The number of methoxy groups -OCH3 is 1. The number of likely N-dealkylation sites (N-methyl/N-ethyl adjacent to an activating group) is 1. The number of hydrogen-bond donors (Lipinski definition) is 7. The lowest BCUT2D eigenvalue weighted by Crippen LogP contribution is -2.61. The number of fused-ring (bicyclic) bond motifs is 1. The van der Waals surface area contributed by atoms with Gasteiger partial charge in [-0.15, -0.1) is 0 Å². The minimum atomic E-state index is -2.22. The second-order valence-electron chi connectivity index (χ2n) is 19.4. The minimum absolute atomic E-state index is 0.0397. The highest BCUT2D eigenvalue weighted by Gasteiger charge is 2.53. The molecule has 5 rings (SSSR count). The van der Waals surface area contributed by atoms with E-state index >= 15 is 0 Å². The van der Waals surface area contributed by atoms with Crippen molar-refractivity contribution in [1.29, 1.82) is 0 Å². The molecule has 0 spiro atoms. The topological polar surface area (TPSA) is 239 Å². The number of carbonyl (C=O) groups excluding carboxylic acids is 3. The van der Waals surface area contributed by atoms with Crippen LogP contribution in [0.1, 0.15) is 98.4 Å². The zero-order valence-electron chi connectivity index (χ0n) is 38.9. The maximum absolute atomic E-state index is 14.6. The van der Waals surface area contributed by atoms with E-state index in [-0.39, 0.29) is 38.0 Å². The molecule has 0 aliphatic carbocycles. The number of aromatic nitrogens is 1. The van der Waals surface area contributed by atoms with Crippen molar-refractivity contribution >= 4 is 28.6 Å². The van der Waals surface area contributed by atoms with Crippen LogP contribution < -0.4 is 5.32 Å². The second kappa shape index (κ2) is 20.2. The van der Waals surface area contributed by atoms with Gasteiger partial charge in [-0.25, -0.2) is 0 Å². The number of Topliss-reactive ketones (excluding diaryl/α,β-unsaturated/α-hetero) is 1. The van der Waals surface area contributed by atoms with Crippen LogP contribution in [-0.4, -0.2) is 165 Å². The standard InChI is InChI=1S/C46H73N3O14/c1-23-21-44(7,56)40(63-43-36(51)32(49(10)11)19-24(2)59-43)26(4)37(62-34-22-45(8,58-12)39(53)28(6)60-34)27(5)42(55)61-33(46(9,57)38(52)25(3)35(23)50)16-18-48-41(54)30-13-14-31-29(20-30)15-17-47-31/h13-15,17,20,23-28,32-34,36-40,43,47,51-53,56-57H,16,18-19,21-22H2,1-12H3,(H,48,54)/t23-,24-,25+,26+,27-,28+,32+,33-,34+,36-,37?,38-,39+,40-,43+,44-,45-,46-/m1/s1. The third-order valence-corrected chi connectivity index (χ3v) is 14.0. The Kier molecular flexibility index (Phi) is 16.3. The van der Waals surface area contributed by atoms with E-state index in [4.69, 9.17) is 28.4 Å². The molecule has 17 heteroatoms. The maximum atomic E-state index is 14.6. The van der Waals surface area contributed by atoms with Gasteiger partial charge in [0, 0.05) is 73.0 Å². The molecule has 3 aliphatic rings. The summed E-state index contributed by atoms with van der Waals surface area (Å²) in [5.74, 6) is -6.00. The summed E-state index contributed by atoms with van der Waals surface area (Å²) in [6, 6.07) is 6.64. The molecule has 18 atom stereocenters. The molecule has 3 fully saturated rings. The van der Waals surface area contributed by atoms with E-state index in [9.17, 15) is 39.9 Å². The molecule has 2 aromatic rings. The van der Waals surface area contributed by atoms with Crippen molar-refractivity contribution in [2.24, 2.45) is 23.7 Å². The number of H-pyrrole nitrogens is 1. The van der Waals surface area contributed by atoms with E-state index in [0.717, 1.165) is 10.9 Å². The molecule has 1 aromatic carbocycles. The SMILES string of the molecule is CO[C@]1(C)C[C@H](OC2[C@@H](C)C(=O)O[C@H](CCNC(=O)c3ccc4[nH]ccc4c3)[C@@](C)(O)[C@H](O)[C@@H](C)C(=O)[C@H](C)C[C@@](C)(O)[C@H](O[C@@H]3O[C@H](C)C[C@H](N(C)C)[C@H]3O)[C@H]2C)O[C@@H](C)[C@@H]1O. The van der Waals surface area contributed by atoms with Crippen LogP contribution in [0, 0.1) is 23.7 Å². The summed E-state index contributed by atoms with van der Waals surface area (Å²) >= 11 is 0. The molecule has 3 saturated heterocycles. The molecule has 1 amide bonds. The Morgan fingerprint density at radius 3 is 2.27 bits per heavy atom. The second-order valence-corrected chi connectivity index (χ2v) is 19.4. The lowest BCUT2D eigenvalue weighted by Gasteiger charge is -2.49. The fourth-order valence-corrected chi connectivity index (χ4v) is 9.88. The number of cyclic esters (lactones) is 1. The Morgan fingerprint density at radius 2 is 1.62 bits per heavy atom. The molecule has 17 nitrogen and oxygen atoms in total. The van der Waals surface area contributed by atoms with Gasteiger partial charge >= 0.3 is 5.97 Å². The minimum Gasteiger partial charge on any atom is -0.459 e. The lowest BCUT2D eigenvalue weighted by molar-refractivity contribution is -0.318. The molecule has 0 saturated carbocycles. The maximum Gasteiger partial charge on any atom is 0.311 e. The number of carbonyl (C=O) groups is 3. The molecule has 3 aliphatic heterocycles. The van der Waals surface area contributed by atoms with Crippen molar-refractivity contribution in [1.82, 2.24) is 15.2 Å². The first-order valence-electron chi connectivity index (χ1n) is 22.2. The number of rotatable bonds is 10. The van der Waals surface area contributed by atoms with E-state index in [0.29, 0.717) is 12.0 Å². The number of amides is 1. The summed E-state index contributed by atoms with van der Waals surface area (Å²) in [5.41, 5.74) is -3.95. The van der Waals surface area contributed by atoms with Gasteiger partial charge in [0.2, 0.25) is 0 Å². The van der Waals surface area contributed by atoms with Crippen LogP contribution in [0.3, 0.4) is 0 Å². The number of esters is 1. The van der Waals surface area contributed by atoms with Crippen LogP contribution in [0.25, 0.3) is 10.9 Å². The Balaban J connectivity index is 1.54. The van der Waals surface area contributed by atoms with Gasteiger partial charge in [-0.3, -0.25) is 14.4 Å². The van der Waals surface area contributed by atoms with E-state index in [1.54, 1.807) is 59.0 Å². The summed E-state index contributed by atoms with van der Waals surface area (Å²) in [6.07, 6.45) is -9.32. The molecule has 63 heavy (non-hydrogen) atoms. The van der Waals surface area contributed by atoms with Gasteiger partial charge in [-0.05, 0) is 92.7 Å². The van der Waals surface area contributed by atoms with Crippen LogP contribution in [0.5, 0.6) is 0 Å². The van der Waals surface area contributed by atoms with Crippen LogP contribution >= 0.6 is 0 Å². The molecule has 1 unspecified atom stereocenters. The van der Waals surface area contributed by atoms with Gasteiger partial charge in [0.1, 0.15) is 29.7 Å². The average Bonchev–Trinajstić information content (AvgIpc) is 3.70. The molecular formula is C46H73N3O14. The fourth-order valence-electron chi connectivity index (χ4n) is 9.88. The number of benzene rings is 1. The highest BCUT2D eigenvalue weighted by Crippen LogP contribution is 2.41. The van der Waals surface area contributed by atoms with Gasteiger partial charge in [0.15, 0.2) is 12.6 Å². The zero-order chi connectivity index (χ0) is 46.9. The smallest absolute Gasteiger partial charge is 0.311 e. The number of aromatic amines is 1. The van der Waals surface area contributed by atoms with Crippen LogP contribution in [0.15, 0.2) is 30.5 Å². The quantitative estimate of drug-likeness (QED) is 0.170. The highest BCUT2D eigenvalue weighted by atomic mass is 16.7. The summed E-state index contributed by atoms with van der Waals surface area (Å²) in [5, 5.41) is 62.8. The van der Waals surface area contributed by atoms with Crippen LogP contribution in [-0.2, 0) is 38.0 Å². The Bertz CT molecular complexity index is 1870. The average molecular weight is 892 g/mol. The van der Waals surface area contributed by atoms with Crippen molar-refractivity contribution in [3.05, 3.63) is 36.0 Å². The number of ketones is 1. The monoisotopic (exact) mass is 892 g/mol. The van der Waals surface area contributed by atoms with Crippen molar-refractivity contribution < 1.29 is 68.3 Å². The Hall–Kier alpha value is -3.07. The summed E-state index contributed by atoms with van der Waals surface area (Å²) in [7, 11) is 5.14. The number of ether oxygens (including phenoxy) is 6. The number of aliphatic hydroxyl groups is 5. The zero-order valence-corrected chi connectivity index (χ0v) is 38.9. The number of nitrogens with one attached hydrogen (secondary N) is 2. The van der Waals surface area contributed by atoms with Gasteiger partial charge in [0.25, 0.3) is 5.91 Å². The van der Waals surface area contributed by atoms with E-state index in [2.05, 4.69) is 10.3 Å². The molecule has 0 radical (unpaired) electrons. The third kappa shape index (κ3) is 11.1. The van der Waals surface area contributed by atoms with Gasteiger partial charge < -0.3 is 69.2 Å². The lowest BCUT2D eigenvalue weighted by atomic mass is 9.74. The first-order chi connectivity index (χ1) is 29.3. The number of aliphatic hydroxyl groups excluding tert-OH is 3. The predicted molar refractivity (Wildman–Crippen MR) is 231 cm³/mol. The molecule has 356 valence electrons. The molecule has 0 bridgehead atoms. The Morgan fingerprint density at radius 1 is 0.937 bits per heavy atom. The van der Waals surface area contributed by atoms with Gasteiger partial charge in [-0.1, -0.05) is 20.8 Å². The predicted octanol–water partition coefficient (Wildman–Crippen LogP) is 2.68. The summed E-state index contributed by atoms with van der Waals surface area (Å²) < 4.78 is 37.6. The third-order valence-electron chi connectivity index (χ3n) is 14.0. The fraction of sp³-hybridized carbons (Fsp3) is 0.761.